The van der Waals surface area contributed by atoms with Crippen molar-refractivity contribution in [3.63, 3.8) is 0 Å². The summed E-state index contributed by atoms with van der Waals surface area (Å²) in [6.45, 7) is 3.46. The first-order valence-corrected chi connectivity index (χ1v) is 1.89. The van der Waals surface area contributed by atoms with E-state index in [2.05, 4.69) is 0 Å². The molecular weight excluding hydrogens is 78.0 g/mol. The van der Waals surface area contributed by atoms with Gasteiger partial charge in [0.2, 0.25) is 0 Å². The van der Waals surface area contributed by atoms with E-state index in [0.717, 1.165) is 0 Å². The highest BCUT2D eigenvalue weighted by atomic mass is 16.7. The van der Waals surface area contributed by atoms with Gasteiger partial charge in [-0.2, -0.15) is 5.06 Å². The van der Waals surface area contributed by atoms with E-state index in [1.165, 1.54) is 0 Å². The summed E-state index contributed by atoms with van der Waals surface area (Å²) < 4.78 is 0. The van der Waals surface area contributed by atoms with Gasteiger partial charge in [0, 0.05) is 14.1 Å². The van der Waals surface area contributed by atoms with Gasteiger partial charge in [-0.25, -0.2) is 0 Å². The monoisotopic (exact) mass is 88.1 g/mol. The minimum atomic E-state index is 1.62. The molecule has 0 aromatic heterocycles. The molecule has 0 spiro atoms. The van der Waals surface area contributed by atoms with Crippen LogP contribution in [0, 0.1) is 6.61 Å². The van der Waals surface area contributed by atoms with Crippen molar-refractivity contribution >= 4 is 0 Å². The summed E-state index contributed by atoms with van der Waals surface area (Å²) in [5.74, 6) is 0. The smallest absolute Gasteiger partial charge is 0.104 e. The lowest BCUT2D eigenvalue weighted by Gasteiger charge is -2.04. The molecule has 0 aliphatic carbocycles. The molecule has 37 valence electrons. The van der Waals surface area contributed by atoms with Crippen LogP contribution in [0.15, 0.2) is 0 Å². The van der Waals surface area contributed by atoms with E-state index in [0.29, 0.717) is 0 Å². The fourth-order valence-electron chi connectivity index (χ4n) is 0.211. The average Bonchev–Trinajstić information content (AvgIpc) is 1.35. The minimum Gasteiger partial charge on any atom is -0.294 e. The highest BCUT2D eigenvalue weighted by molar-refractivity contribution is 4.26. The molecule has 0 aromatic rings. The highest BCUT2D eigenvalue weighted by Crippen LogP contribution is 1.78. The van der Waals surface area contributed by atoms with E-state index in [4.69, 9.17) is 4.84 Å². The zero-order valence-corrected chi connectivity index (χ0v) is 4.43. The van der Waals surface area contributed by atoms with Gasteiger partial charge >= 0.3 is 0 Å². The zero-order chi connectivity index (χ0) is 4.99. The molecule has 0 unspecified atom stereocenters. The Morgan fingerprint density at radius 3 is 2.00 bits per heavy atom. The van der Waals surface area contributed by atoms with Crippen LogP contribution in [0.2, 0.25) is 0 Å². The number of hydrogen-bond acceptors (Lipinski definition) is 2. The van der Waals surface area contributed by atoms with E-state index in [9.17, 15) is 0 Å². The summed E-state index contributed by atoms with van der Waals surface area (Å²) in [5.41, 5.74) is 0. The minimum absolute atomic E-state index is 1.62. The van der Waals surface area contributed by atoms with Crippen LogP contribution in [0.1, 0.15) is 6.92 Å². The number of rotatable bonds is 2. The standard InChI is InChI=1S/C4H10NO/c1-4-6-5(2)3/h4H,1-3H3. The summed E-state index contributed by atoms with van der Waals surface area (Å²) in [4.78, 5) is 4.75. The van der Waals surface area contributed by atoms with Gasteiger partial charge in [0.25, 0.3) is 0 Å². The van der Waals surface area contributed by atoms with Gasteiger partial charge in [-0.15, -0.1) is 0 Å². The van der Waals surface area contributed by atoms with E-state index in [-0.39, 0.29) is 0 Å². The Kier molecular flexibility index (Phi) is 3.08. The molecule has 6 heavy (non-hydrogen) atoms. The van der Waals surface area contributed by atoms with Crippen LogP contribution < -0.4 is 0 Å². The molecule has 0 aliphatic rings. The van der Waals surface area contributed by atoms with Gasteiger partial charge in [-0.05, 0) is 6.92 Å². The van der Waals surface area contributed by atoms with Crippen molar-refractivity contribution < 1.29 is 4.84 Å². The summed E-state index contributed by atoms with van der Waals surface area (Å²) in [6.07, 6.45) is 0. The second kappa shape index (κ2) is 3.12. The van der Waals surface area contributed by atoms with Gasteiger partial charge in [-0.1, -0.05) is 0 Å². The molecule has 0 atom stereocenters. The Bertz CT molecular complexity index is 28.7. The molecule has 0 aromatic carbocycles. The van der Waals surface area contributed by atoms with Crippen LogP contribution in [0.3, 0.4) is 0 Å². The van der Waals surface area contributed by atoms with Crippen molar-refractivity contribution in [2.45, 2.75) is 6.92 Å². The first-order chi connectivity index (χ1) is 2.77. The summed E-state index contributed by atoms with van der Waals surface area (Å²) >= 11 is 0. The fraction of sp³-hybridized carbons (Fsp3) is 0.750. The second-order valence-corrected chi connectivity index (χ2v) is 1.15. The van der Waals surface area contributed by atoms with Crippen LogP contribution in [-0.2, 0) is 4.84 Å². The molecule has 2 heteroatoms. The van der Waals surface area contributed by atoms with Crippen LogP contribution in [0.25, 0.3) is 0 Å². The molecule has 0 aliphatic heterocycles. The summed E-state index contributed by atoms with van der Waals surface area (Å²) in [6, 6.07) is 0. The lowest BCUT2D eigenvalue weighted by Crippen LogP contribution is -2.08. The maximum Gasteiger partial charge on any atom is 0.104 e. The molecule has 0 heterocycles. The third kappa shape index (κ3) is 3.92. The zero-order valence-electron chi connectivity index (χ0n) is 4.43. The molecular formula is C4H10NO. The van der Waals surface area contributed by atoms with Crippen molar-refractivity contribution in [3.8, 4) is 0 Å². The molecule has 0 saturated heterocycles. The van der Waals surface area contributed by atoms with Gasteiger partial charge in [0.1, 0.15) is 6.61 Å². The first kappa shape index (κ1) is 5.92. The average molecular weight is 88.1 g/mol. The molecule has 0 saturated carbocycles. The fourth-order valence-corrected chi connectivity index (χ4v) is 0.211. The Morgan fingerprint density at radius 1 is 1.50 bits per heavy atom. The van der Waals surface area contributed by atoms with E-state index < -0.39 is 0 Å². The summed E-state index contributed by atoms with van der Waals surface area (Å²) in [7, 11) is 3.67. The molecule has 0 fully saturated rings. The maximum absolute atomic E-state index is 4.75. The van der Waals surface area contributed by atoms with Crippen LogP contribution in [0.4, 0.5) is 0 Å². The van der Waals surface area contributed by atoms with E-state index in [1.807, 2.05) is 21.0 Å². The van der Waals surface area contributed by atoms with Crippen molar-refractivity contribution in [2.75, 3.05) is 14.1 Å². The van der Waals surface area contributed by atoms with Gasteiger partial charge < -0.3 is 0 Å². The lowest BCUT2D eigenvalue weighted by atomic mass is 10.9. The molecule has 0 amide bonds. The van der Waals surface area contributed by atoms with Crippen LogP contribution in [-0.4, -0.2) is 19.2 Å². The quantitative estimate of drug-likeness (QED) is 0.460. The molecule has 0 N–H and O–H groups in total. The van der Waals surface area contributed by atoms with Crippen LogP contribution >= 0.6 is 0 Å². The summed E-state index contributed by atoms with van der Waals surface area (Å²) in [5, 5.41) is 1.62. The molecule has 0 bridgehead atoms. The van der Waals surface area contributed by atoms with E-state index >= 15 is 0 Å². The van der Waals surface area contributed by atoms with E-state index in [1.54, 1.807) is 11.7 Å². The maximum atomic E-state index is 4.75. The third-order valence-electron chi connectivity index (χ3n) is 0.316. The van der Waals surface area contributed by atoms with Crippen molar-refractivity contribution in [2.24, 2.45) is 0 Å². The Morgan fingerprint density at radius 2 is 2.00 bits per heavy atom. The SMILES string of the molecule is C[CH]ON(C)C. The highest BCUT2D eigenvalue weighted by Gasteiger charge is 1.78. The van der Waals surface area contributed by atoms with Gasteiger partial charge in [0.15, 0.2) is 0 Å². The van der Waals surface area contributed by atoms with Crippen LogP contribution in [0.5, 0.6) is 0 Å². The largest absolute Gasteiger partial charge is 0.294 e. The van der Waals surface area contributed by atoms with Crippen molar-refractivity contribution in [1.29, 1.82) is 0 Å². The third-order valence-corrected chi connectivity index (χ3v) is 0.316. The topological polar surface area (TPSA) is 12.5 Å². The van der Waals surface area contributed by atoms with Crippen molar-refractivity contribution in [3.05, 3.63) is 6.61 Å². The predicted molar refractivity (Wildman–Crippen MR) is 24.7 cm³/mol. The Hall–Kier alpha value is -0.0800. The first-order valence-electron chi connectivity index (χ1n) is 1.89. The van der Waals surface area contributed by atoms with Gasteiger partial charge in [-0.3, -0.25) is 4.84 Å². The van der Waals surface area contributed by atoms with Gasteiger partial charge in [0.05, 0.1) is 0 Å². The number of nitrogens with zero attached hydrogens (tertiary/aromatic N) is 1. The molecule has 0 rings (SSSR count). The normalized spacial score (nSPS) is 10.0. The molecule has 2 nitrogen and oxygen atoms in total. The second-order valence-electron chi connectivity index (χ2n) is 1.15. The lowest BCUT2D eigenvalue weighted by molar-refractivity contribution is -0.0791. The predicted octanol–water partition coefficient (Wildman–Crippen LogP) is 0.661. The number of hydroxylamine groups is 2. The Balaban J connectivity index is 2.63. The molecule has 1 radical (unpaired) electrons. The Labute approximate surface area is 38.7 Å². The number of hydrogen-bond donors (Lipinski definition) is 0. The van der Waals surface area contributed by atoms with Crippen molar-refractivity contribution in [1.82, 2.24) is 5.06 Å².